The molecule has 1 amide bonds. The van der Waals surface area contributed by atoms with Crippen molar-refractivity contribution in [1.29, 1.82) is 5.26 Å². The summed E-state index contributed by atoms with van der Waals surface area (Å²) in [5.74, 6) is 1.57. The van der Waals surface area contributed by atoms with Gasteiger partial charge in [0.25, 0.3) is 0 Å². The van der Waals surface area contributed by atoms with Crippen molar-refractivity contribution in [3.05, 3.63) is 11.8 Å². The van der Waals surface area contributed by atoms with Crippen LogP contribution < -0.4 is 10.8 Å². The SMILES string of the molecule is CC1(NC=O)CC1.CCC(C)(C)C#N.COC/C=C(\C)N(CCNO)CC(C)C1CCCCC1. The second-order valence-electron chi connectivity index (χ2n) is 10.7. The van der Waals surface area contributed by atoms with Gasteiger partial charge in [0.2, 0.25) is 6.41 Å². The number of hydrogen-bond donors (Lipinski definition) is 3. The number of carbonyl (C=O) groups is 1. The first-order valence-corrected chi connectivity index (χ1v) is 13.0. The lowest BCUT2D eigenvalue weighted by Crippen LogP contribution is -2.35. The molecule has 3 N–H and O–H groups in total. The Morgan fingerprint density at radius 2 is 1.94 bits per heavy atom. The van der Waals surface area contributed by atoms with Crippen LogP contribution in [0.2, 0.25) is 0 Å². The van der Waals surface area contributed by atoms with Crippen molar-refractivity contribution in [3.8, 4) is 6.07 Å². The van der Waals surface area contributed by atoms with E-state index >= 15 is 0 Å². The number of nitrogens with zero attached hydrogens (tertiary/aromatic N) is 2. The van der Waals surface area contributed by atoms with E-state index in [1.54, 1.807) is 7.11 Å². The van der Waals surface area contributed by atoms with Crippen molar-refractivity contribution in [2.45, 2.75) is 98.4 Å². The van der Waals surface area contributed by atoms with E-state index in [0.717, 1.165) is 44.7 Å². The molecule has 0 spiro atoms. The Morgan fingerprint density at radius 1 is 1.32 bits per heavy atom. The second kappa shape index (κ2) is 17.8. The number of nitriles is 1. The maximum Gasteiger partial charge on any atom is 0.207 e. The molecule has 0 bridgehead atoms. The van der Waals surface area contributed by atoms with Crippen molar-refractivity contribution < 1.29 is 14.7 Å². The van der Waals surface area contributed by atoms with Gasteiger partial charge in [-0.1, -0.05) is 46.0 Å². The van der Waals surface area contributed by atoms with Gasteiger partial charge >= 0.3 is 0 Å². The Kier molecular flexibility index (Phi) is 16.9. The van der Waals surface area contributed by atoms with Gasteiger partial charge in [-0.05, 0) is 64.9 Å². The third kappa shape index (κ3) is 15.3. The summed E-state index contributed by atoms with van der Waals surface area (Å²) >= 11 is 0. The fourth-order valence-corrected chi connectivity index (χ4v) is 3.68. The monoisotopic (exact) mass is 480 g/mol. The maximum absolute atomic E-state index is 9.75. The van der Waals surface area contributed by atoms with Crippen molar-refractivity contribution >= 4 is 6.41 Å². The van der Waals surface area contributed by atoms with Gasteiger partial charge in [-0.3, -0.25) is 4.79 Å². The molecule has 7 heteroatoms. The van der Waals surface area contributed by atoms with Gasteiger partial charge in [-0.2, -0.15) is 5.26 Å². The van der Waals surface area contributed by atoms with Gasteiger partial charge in [0.1, 0.15) is 0 Å². The summed E-state index contributed by atoms with van der Waals surface area (Å²) in [4.78, 5) is 12.1. The van der Waals surface area contributed by atoms with Gasteiger partial charge in [0.15, 0.2) is 0 Å². The number of allylic oxidation sites excluding steroid dienone is 1. The van der Waals surface area contributed by atoms with Gasteiger partial charge in [-0.25, -0.2) is 5.48 Å². The van der Waals surface area contributed by atoms with Crippen LogP contribution in [0, 0.1) is 28.6 Å². The highest BCUT2D eigenvalue weighted by Crippen LogP contribution is 2.33. The smallest absolute Gasteiger partial charge is 0.207 e. The minimum Gasteiger partial charge on any atom is -0.381 e. The molecule has 0 radical (unpaired) electrons. The van der Waals surface area contributed by atoms with E-state index in [1.165, 1.54) is 37.8 Å². The molecule has 7 nitrogen and oxygen atoms in total. The van der Waals surface area contributed by atoms with Gasteiger partial charge in [0, 0.05) is 38.0 Å². The summed E-state index contributed by atoms with van der Waals surface area (Å²) in [5, 5.41) is 19.9. The summed E-state index contributed by atoms with van der Waals surface area (Å²) in [6.07, 6.45) is 13.1. The average Bonchev–Trinajstić information content (AvgIpc) is 3.58. The number of ether oxygens (including phenoxy) is 1. The van der Waals surface area contributed by atoms with E-state index < -0.39 is 0 Å². The van der Waals surface area contributed by atoms with Crippen LogP contribution in [0.1, 0.15) is 92.9 Å². The van der Waals surface area contributed by atoms with Crippen LogP contribution in [0.15, 0.2) is 11.8 Å². The molecule has 2 fully saturated rings. The predicted octanol–water partition coefficient (Wildman–Crippen LogP) is 5.26. The van der Waals surface area contributed by atoms with Gasteiger partial charge in [0.05, 0.1) is 18.1 Å². The highest BCUT2D eigenvalue weighted by molar-refractivity contribution is 5.48. The highest BCUT2D eigenvalue weighted by Gasteiger charge is 2.36. The zero-order chi connectivity index (χ0) is 26.0. The Bertz CT molecular complexity index is 605. The zero-order valence-electron chi connectivity index (χ0n) is 23.0. The summed E-state index contributed by atoms with van der Waals surface area (Å²) in [6, 6.07) is 2.19. The molecule has 2 saturated carbocycles. The first-order chi connectivity index (χ1) is 16.1. The van der Waals surface area contributed by atoms with E-state index in [1.807, 2.05) is 27.7 Å². The molecule has 0 heterocycles. The summed E-state index contributed by atoms with van der Waals surface area (Å²) in [7, 11) is 1.72. The number of amides is 1. The Balaban J connectivity index is 0.000000630. The molecule has 0 aromatic rings. The zero-order valence-corrected chi connectivity index (χ0v) is 23.0. The molecular weight excluding hydrogens is 428 g/mol. The molecule has 0 aliphatic heterocycles. The third-order valence-corrected chi connectivity index (χ3v) is 7.09. The topological polar surface area (TPSA) is 97.6 Å². The Hall–Kier alpha value is -1.62. The minimum atomic E-state index is -0.111. The van der Waals surface area contributed by atoms with Crippen molar-refractivity contribution in [3.63, 3.8) is 0 Å². The molecule has 2 aliphatic carbocycles. The molecule has 0 aromatic carbocycles. The molecule has 0 saturated heterocycles. The summed E-state index contributed by atoms with van der Waals surface area (Å²) in [5.41, 5.74) is 3.57. The number of hydroxylamine groups is 1. The number of methoxy groups -OCH3 is 1. The fourth-order valence-electron chi connectivity index (χ4n) is 3.68. The van der Waals surface area contributed by atoms with Crippen LogP contribution in [0.4, 0.5) is 0 Å². The van der Waals surface area contributed by atoms with Crippen LogP contribution in [0.5, 0.6) is 0 Å². The molecule has 2 rings (SSSR count). The van der Waals surface area contributed by atoms with Crippen molar-refractivity contribution in [2.75, 3.05) is 33.4 Å². The first kappa shape index (κ1) is 32.4. The normalized spacial score (nSPS) is 18.3. The van der Waals surface area contributed by atoms with Gasteiger partial charge in [-0.15, -0.1) is 0 Å². The van der Waals surface area contributed by atoms with E-state index in [0.29, 0.717) is 19.1 Å². The third-order valence-electron chi connectivity index (χ3n) is 7.09. The number of hydrogen-bond acceptors (Lipinski definition) is 6. The number of nitrogens with one attached hydrogen (secondary N) is 2. The van der Waals surface area contributed by atoms with Crippen LogP contribution in [-0.4, -0.2) is 55.4 Å². The lowest BCUT2D eigenvalue weighted by molar-refractivity contribution is -0.110. The highest BCUT2D eigenvalue weighted by atomic mass is 16.5. The van der Waals surface area contributed by atoms with Gasteiger partial charge < -0.3 is 20.2 Å². The fraction of sp³-hybridized carbons (Fsp3) is 0.852. The molecule has 198 valence electrons. The standard InChI is InChI=1S/C16H32N2O2.C6H11N.C5H9NO/c1-14(16-7-5-4-6-8-16)13-18(11-10-17-19)15(2)9-12-20-3;1-4-6(2,3)5-7;1-5(2-3-5)6-4-7/h9,14,16-17,19H,4-8,10-13H2,1-3H3;4H2,1-3H3;4H,2-3H2,1H3,(H,6,7)/b15-9+;;. The van der Waals surface area contributed by atoms with Crippen LogP contribution in [0.3, 0.4) is 0 Å². The Labute approximate surface area is 209 Å². The molecule has 34 heavy (non-hydrogen) atoms. The molecule has 1 unspecified atom stereocenters. The average molecular weight is 481 g/mol. The molecule has 1 atom stereocenters. The number of carbonyl (C=O) groups excluding carboxylic acids is 1. The maximum atomic E-state index is 9.75. The summed E-state index contributed by atoms with van der Waals surface area (Å²) in [6.45, 7) is 15.6. The van der Waals surface area contributed by atoms with Crippen molar-refractivity contribution in [2.24, 2.45) is 17.3 Å². The molecule has 2 aliphatic rings. The lowest BCUT2D eigenvalue weighted by atomic mass is 9.80. The minimum absolute atomic E-state index is 0.111. The quantitative estimate of drug-likeness (QED) is 0.260. The summed E-state index contributed by atoms with van der Waals surface area (Å²) < 4.78 is 5.12. The first-order valence-electron chi connectivity index (χ1n) is 13.0. The predicted molar refractivity (Wildman–Crippen MR) is 139 cm³/mol. The van der Waals surface area contributed by atoms with E-state index in [2.05, 4.69) is 41.7 Å². The van der Waals surface area contributed by atoms with Crippen LogP contribution in [-0.2, 0) is 9.53 Å². The van der Waals surface area contributed by atoms with E-state index in [-0.39, 0.29) is 11.0 Å². The van der Waals surface area contributed by atoms with E-state index in [4.69, 9.17) is 15.2 Å². The van der Waals surface area contributed by atoms with E-state index in [9.17, 15) is 4.79 Å². The molecule has 0 aromatic heterocycles. The number of rotatable bonds is 12. The van der Waals surface area contributed by atoms with Crippen LogP contribution in [0.25, 0.3) is 0 Å². The Morgan fingerprint density at radius 3 is 2.32 bits per heavy atom. The second-order valence-corrected chi connectivity index (χ2v) is 10.7. The lowest BCUT2D eigenvalue weighted by Gasteiger charge is -2.34. The molecular formula is C27H52N4O3. The van der Waals surface area contributed by atoms with Crippen molar-refractivity contribution in [1.82, 2.24) is 15.7 Å². The van der Waals surface area contributed by atoms with Crippen LogP contribution >= 0.6 is 0 Å². The largest absolute Gasteiger partial charge is 0.381 e.